The molecule has 2 aromatic rings. The molecule has 3 heterocycles. The van der Waals surface area contributed by atoms with E-state index in [4.69, 9.17) is 22.1 Å². The summed E-state index contributed by atoms with van der Waals surface area (Å²) in [6.07, 6.45) is 3.88. The summed E-state index contributed by atoms with van der Waals surface area (Å²) in [4.78, 5) is 42.8. The van der Waals surface area contributed by atoms with Gasteiger partial charge in [-0.25, -0.2) is 4.98 Å². The highest BCUT2D eigenvalue weighted by molar-refractivity contribution is 8.26. The molecule has 0 bridgehead atoms. The fourth-order valence-electron chi connectivity index (χ4n) is 3.08. The number of thioether (sulfide) groups is 1. The summed E-state index contributed by atoms with van der Waals surface area (Å²) >= 11 is 6.11. The molecule has 1 aliphatic heterocycles. The van der Waals surface area contributed by atoms with Crippen molar-refractivity contribution in [2.45, 2.75) is 33.3 Å². The van der Waals surface area contributed by atoms with Crippen molar-refractivity contribution in [2.75, 3.05) is 25.0 Å². The molecule has 0 aromatic carbocycles. The number of carbonyl (C=O) groups excluding carboxylic acids is 1. The number of pyridine rings is 1. The lowest BCUT2D eigenvalue weighted by atomic mass is 10.2. The molecule has 1 saturated heterocycles. The topological polar surface area (TPSA) is 113 Å². The van der Waals surface area contributed by atoms with Crippen LogP contribution in [-0.2, 0) is 14.3 Å². The molecule has 11 heteroatoms. The fraction of sp³-hybridized carbons (Fsp3) is 0.381. The Morgan fingerprint density at radius 1 is 1.41 bits per heavy atom. The van der Waals surface area contributed by atoms with E-state index in [1.54, 1.807) is 12.3 Å². The minimum atomic E-state index is -1.17. The first kappa shape index (κ1) is 23.9. The Kier molecular flexibility index (Phi) is 7.64. The van der Waals surface area contributed by atoms with Gasteiger partial charge in [0.1, 0.15) is 22.3 Å². The highest BCUT2D eigenvalue weighted by Gasteiger charge is 2.34. The number of carbonyl (C=O) groups is 2. The maximum absolute atomic E-state index is 13.3. The largest absolute Gasteiger partial charge is 0.480 e. The summed E-state index contributed by atoms with van der Waals surface area (Å²) in [6.45, 7) is 6.32. The number of thiocarbonyl (C=S) groups is 1. The number of aromatic nitrogens is 2. The van der Waals surface area contributed by atoms with Crippen molar-refractivity contribution in [1.82, 2.24) is 14.3 Å². The van der Waals surface area contributed by atoms with Crippen LogP contribution in [0.25, 0.3) is 11.7 Å². The van der Waals surface area contributed by atoms with Crippen LogP contribution in [0.4, 0.5) is 5.82 Å². The predicted molar refractivity (Wildman–Crippen MR) is 128 cm³/mol. The molecule has 2 aromatic heterocycles. The summed E-state index contributed by atoms with van der Waals surface area (Å²) in [5.41, 5.74) is 1.20. The number of fused-ring (bicyclic) bond motifs is 1. The lowest BCUT2D eigenvalue weighted by molar-refractivity contribution is -0.140. The average molecular weight is 477 g/mol. The zero-order valence-corrected chi connectivity index (χ0v) is 19.6. The zero-order valence-electron chi connectivity index (χ0n) is 18.0. The molecule has 0 atom stereocenters. The van der Waals surface area contributed by atoms with Gasteiger partial charge in [-0.3, -0.25) is 23.7 Å². The second-order valence-electron chi connectivity index (χ2n) is 7.43. The van der Waals surface area contributed by atoms with E-state index < -0.39 is 18.4 Å². The number of rotatable bonds is 9. The van der Waals surface area contributed by atoms with Crippen LogP contribution in [0, 0.1) is 6.92 Å². The van der Waals surface area contributed by atoms with Gasteiger partial charge in [0.05, 0.1) is 16.6 Å². The molecule has 0 radical (unpaired) electrons. The average Bonchev–Trinajstić information content (AvgIpc) is 2.98. The number of aliphatic carboxylic acids is 1. The van der Waals surface area contributed by atoms with E-state index in [1.807, 2.05) is 26.8 Å². The number of nitrogens with zero attached hydrogens (tertiary/aromatic N) is 3. The number of aryl methyl sites for hydroxylation is 1. The Morgan fingerprint density at radius 2 is 2.16 bits per heavy atom. The summed E-state index contributed by atoms with van der Waals surface area (Å²) < 4.78 is 7.10. The van der Waals surface area contributed by atoms with Crippen LogP contribution < -0.4 is 10.9 Å². The van der Waals surface area contributed by atoms with Crippen LogP contribution in [0.1, 0.15) is 31.4 Å². The maximum Gasteiger partial charge on any atom is 0.323 e. The van der Waals surface area contributed by atoms with Gasteiger partial charge in [-0.1, -0.05) is 30.0 Å². The van der Waals surface area contributed by atoms with Crippen molar-refractivity contribution in [3.05, 3.63) is 44.7 Å². The lowest BCUT2D eigenvalue weighted by Crippen LogP contribution is -2.33. The summed E-state index contributed by atoms with van der Waals surface area (Å²) in [7, 11) is 0. The minimum absolute atomic E-state index is 0.129. The molecule has 1 aliphatic rings. The Balaban J connectivity index is 1.99. The van der Waals surface area contributed by atoms with Crippen molar-refractivity contribution in [1.29, 1.82) is 0 Å². The molecule has 9 nitrogen and oxygen atoms in total. The summed E-state index contributed by atoms with van der Waals surface area (Å²) in [5.74, 6) is -1.37. The Labute approximate surface area is 194 Å². The van der Waals surface area contributed by atoms with Gasteiger partial charge in [0.15, 0.2) is 0 Å². The summed E-state index contributed by atoms with van der Waals surface area (Å²) in [6, 6.07) is 3.61. The Morgan fingerprint density at radius 3 is 2.84 bits per heavy atom. The maximum atomic E-state index is 13.3. The van der Waals surface area contributed by atoms with Crippen LogP contribution >= 0.6 is 24.0 Å². The molecule has 170 valence electrons. The molecule has 0 aliphatic carbocycles. The number of hydrogen-bond donors (Lipinski definition) is 2. The number of amides is 1. The normalized spacial score (nSPS) is 15.4. The number of anilines is 1. The third-order valence-electron chi connectivity index (χ3n) is 4.59. The Hall–Kier alpha value is -2.76. The van der Waals surface area contributed by atoms with Crippen LogP contribution in [0.2, 0.25) is 0 Å². The first-order valence-electron chi connectivity index (χ1n) is 10.0. The smallest absolute Gasteiger partial charge is 0.323 e. The lowest BCUT2D eigenvalue weighted by Gasteiger charge is -2.13. The van der Waals surface area contributed by atoms with Crippen molar-refractivity contribution >= 4 is 57.7 Å². The van der Waals surface area contributed by atoms with Gasteiger partial charge >= 0.3 is 5.97 Å². The van der Waals surface area contributed by atoms with Crippen LogP contribution in [0.3, 0.4) is 0 Å². The van der Waals surface area contributed by atoms with E-state index >= 15 is 0 Å². The minimum Gasteiger partial charge on any atom is -0.480 e. The predicted octanol–water partition coefficient (Wildman–Crippen LogP) is 2.52. The monoisotopic (exact) mass is 476 g/mol. The first-order chi connectivity index (χ1) is 15.2. The van der Waals surface area contributed by atoms with Crippen molar-refractivity contribution in [3.63, 3.8) is 0 Å². The van der Waals surface area contributed by atoms with E-state index in [0.717, 1.165) is 22.2 Å². The summed E-state index contributed by atoms with van der Waals surface area (Å²) in [5, 5.41) is 12.2. The fourth-order valence-corrected chi connectivity index (χ4v) is 4.31. The molecular weight excluding hydrogens is 452 g/mol. The number of carboxylic acid groups (broad SMARTS) is 1. The number of carboxylic acids is 1. The van der Waals surface area contributed by atoms with Gasteiger partial charge in [-0.2, -0.15) is 0 Å². The molecular formula is C21H24N4O5S2. The van der Waals surface area contributed by atoms with Crippen LogP contribution in [-0.4, -0.2) is 61.4 Å². The molecule has 0 spiro atoms. The second kappa shape index (κ2) is 10.2. The third kappa shape index (κ3) is 5.34. The molecule has 3 rings (SSSR count). The van der Waals surface area contributed by atoms with Gasteiger partial charge in [0.2, 0.25) is 0 Å². The Bertz CT molecular complexity index is 1160. The highest BCUT2D eigenvalue weighted by atomic mass is 32.2. The number of ether oxygens (including phenoxy) is 1. The molecule has 1 fully saturated rings. The molecule has 32 heavy (non-hydrogen) atoms. The zero-order chi connectivity index (χ0) is 23.4. The van der Waals surface area contributed by atoms with Crippen molar-refractivity contribution < 1.29 is 19.4 Å². The van der Waals surface area contributed by atoms with Gasteiger partial charge in [0.25, 0.3) is 11.5 Å². The molecule has 1 amide bonds. The second-order valence-corrected chi connectivity index (χ2v) is 9.10. The van der Waals surface area contributed by atoms with Gasteiger partial charge in [0, 0.05) is 19.3 Å². The first-order valence-corrected chi connectivity index (χ1v) is 11.3. The van der Waals surface area contributed by atoms with Crippen LogP contribution in [0.15, 0.2) is 28.0 Å². The standard InChI is InChI=1S/C21H24N4O5S2/c1-12(2)30-9-5-7-22-17-14(19(28)24-8-4-6-13(3)18(24)23-17)10-15-20(29)25(11-16(26)27)21(31)32-15/h4,6,8,10,12,22H,5,7,9,11H2,1-3H3,(H,26,27). The van der Waals surface area contributed by atoms with E-state index in [1.165, 1.54) is 10.5 Å². The molecule has 0 saturated carbocycles. The van der Waals surface area contributed by atoms with Gasteiger partial charge in [-0.15, -0.1) is 0 Å². The van der Waals surface area contributed by atoms with E-state index in [9.17, 15) is 14.4 Å². The van der Waals surface area contributed by atoms with E-state index in [-0.39, 0.29) is 26.5 Å². The number of hydrogen-bond acceptors (Lipinski definition) is 8. The van der Waals surface area contributed by atoms with Gasteiger partial charge < -0.3 is 15.2 Å². The molecule has 2 N–H and O–H groups in total. The van der Waals surface area contributed by atoms with E-state index in [2.05, 4.69) is 10.3 Å². The quantitative estimate of drug-likeness (QED) is 0.320. The number of nitrogens with one attached hydrogen (secondary N) is 1. The SMILES string of the molecule is Cc1cccn2c(=O)c(C=C3SC(=S)N(CC(=O)O)C3=O)c(NCCCOC(C)C)nc12. The van der Waals surface area contributed by atoms with Gasteiger partial charge in [-0.05, 0) is 44.9 Å². The van der Waals surface area contributed by atoms with E-state index in [0.29, 0.717) is 31.0 Å². The highest BCUT2D eigenvalue weighted by Crippen LogP contribution is 2.32. The van der Waals surface area contributed by atoms with Crippen molar-refractivity contribution in [3.8, 4) is 0 Å². The molecule has 0 unspecified atom stereocenters. The van der Waals surface area contributed by atoms with Crippen LogP contribution in [0.5, 0.6) is 0 Å². The third-order valence-corrected chi connectivity index (χ3v) is 5.97. The van der Waals surface area contributed by atoms with Crippen molar-refractivity contribution in [2.24, 2.45) is 0 Å².